The number of ether oxygens (including phenoxy) is 1. The summed E-state index contributed by atoms with van der Waals surface area (Å²) in [5.41, 5.74) is 6.46. The van der Waals surface area contributed by atoms with E-state index in [1.54, 1.807) is 7.11 Å². The predicted octanol–water partition coefficient (Wildman–Crippen LogP) is 5.37. The van der Waals surface area contributed by atoms with Gasteiger partial charge < -0.3 is 9.30 Å². The largest absolute Gasteiger partial charge is 0.486 e. The zero-order valence-electron chi connectivity index (χ0n) is 19.4. The van der Waals surface area contributed by atoms with E-state index >= 15 is 0 Å². The zero-order chi connectivity index (χ0) is 24.4. The second-order valence-electron chi connectivity index (χ2n) is 8.22. The Bertz CT molecular complexity index is 1570. The van der Waals surface area contributed by atoms with Crippen molar-refractivity contribution in [2.75, 3.05) is 7.11 Å². The molecule has 1 N–H and O–H groups in total. The maximum absolute atomic E-state index is 11.7. The first-order chi connectivity index (χ1) is 17.1. The fourth-order valence-corrected chi connectivity index (χ4v) is 4.54. The lowest BCUT2D eigenvalue weighted by Crippen LogP contribution is -2.09. The van der Waals surface area contributed by atoms with Gasteiger partial charge in [-0.3, -0.25) is 9.51 Å². The van der Waals surface area contributed by atoms with Crippen molar-refractivity contribution >= 4 is 28.3 Å². The molecule has 0 amide bonds. The first kappa shape index (κ1) is 22.7. The number of nitrogens with zero attached hydrogens (tertiary/aromatic N) is 3. The van der Waals surface area contributed by atoms with Crippen LogP contribution in [0.4, 0.5) is 0 Å². The number of aromatic nitrogens is 4. The Labute approximate surface area is 207 Å². The van der Waals surface area contributed by atoms with Gasteiger partial charge in [-0.25, -0.2) is 9.78 Å². The molecule has 0 bridgehead atoms. The minimum Gasteiger partial charge on any atom is -0.486 e. The molecule has 0 radical (unpaired) electrons. The second kappa shape index (κ2) is 9.68. The minimum absolute atomic E-state index is 0.390. The number of thiocarbonyl (C=S) groups is 1. The average Bonchev–Trinajstić information content (AvgIpc) is 3.47. The Morgan fingerprint density at radius 3 is 2.63 bits per heavy atom. The Hall–Kier alpha value is -4.04. The highest BCUT2D eigenvalue weighted by molar-refractivity contribution is 7.80. The molecule has 8 heteroatoms. The SMILES string of the molecule is CCCc1nc2cccc(C(=S)OC)c2n1Cc1ccc(-c2ccccc2)c(-c2noc(=O)[nH]2)c1. The molecule has 0 saturated carbocycles. The standard InChI is InChI=1S/C27H24N4O3S/c1-3-8-23-28-22-12-7-11-20(26(35)33-2)24(22)31(23)16-17-13-14-19(18-9-5-4-6-10-18)21(15-17)25-29-27(32)34-30-25/h4-7,9-15H,3,8,16H2,1-2H3,(H,29,30,32). The van der Waals surface area contributed by atoms with Crippen molar-refractivity contribution in [3.63, 3.8) is 0 Å². The summed E-state index contributed by atoms with van der Waals surface area (Å²) in [6.07, 6.45) is 1.80. The zero-order valence-corrected chi connectivity index (χ0v) is 20.3. The van der Waals surface area contributed by atoms with Crippen LogP contribution in [-0.2, 0) is 17.7 Å². The van der Waals surface area contributed by atoms with E-state index in [2.05, 4.69) is 27.7 Å². The van der Waals surface area contributed by atoms with Crippen LogP contribution in [0.15, 0.2) is 76.0 Å². The normalized spacial score (nSPS) is 11.1. The van der Waals surface area contributed by atoms with Crippen LogP contribution in [-0.4, -0.2) is 31.9 Å². The van der Waals surface area contributed by atoms with Gasteiger partial charge in [0, 0.05) is 18.5 Å². The van der Waals surface area contributed by atoms with Crippen LogP contribution in [0.2, 0.25) is 0 Å². The van der Waals surface area contributed by atoms with E-state index in [0.717, 1.165) is 57.5 Å². The number of fused-ring (bicyclic) bond motifs is 1. The Balaban J connectivity index is 1.66. The Morgan fingerprint density at radius 2 is 1.91 bits per heavy atom. The quantitative estimate of drug-likeness (QED) is 0.313. The number of imidazole rings is 1. The second-order valence-corrected chi connectivity index (χ2v) is 8.59. The fourth-order valence-electron chi connectivity index (χ4n) is 4.38. The molecule has 3 aromatic carbocycles. The molecule has 2 heterocycles. The smallest absolute Gasteiger partial charge is 0.439 e. The Kier molecular flexibility index (Phi) is 6.29. The number of nitrogens with one attached hydrogen (secondary N) is 1. The maximum atomic E-state index is 11.7. The van der Waals surface area contributed by atoms with Crippen LogP contribution in [0.25, 0.3) is 33.5 Å². The van der Waals surface area contributed by atoms with Crippen molar-refractivity contribution in [2.45, 2.75) is 26.3 Å². The summed E-state index contributed by atoms with van der Waals surface area (Å²) in [4.78, 5) is 19.3. The Morgan fingerprint density at radius 1 is 1.09 bits per heavy atom. The number of aryl methyl sites for hydroxylation is 1. The van der Waals surface area contributed by atoms with E-state index in [4.69, 9.17) is 26.5 Å². The molecular formula is C27H24N4O3S. The first-order valence-electron chi connectivity index (χ1n) is 11.4. The van der Waals surface area contributed by atoms with E-state index in [1.807, 2.05) is 60.7 Å². The highest BCUT2D eigenvalue weighted by Gasteiger charge is 2.18. The minimum atomic E-state index is -0.590. The molecule has 5 aromatic rings. The molecule has 0 aliphatic heterocycles. The van der Waals surface area contributed by atoms with Gasteiger partial charge in [-0.2, -0.15) is 0 Å². The highest BCUT2D eigenvalue weighted by Crippen LogP contribution is 2.32. The fraction of sp³-hybridized carbons (Fsp3) is 0.185. The summed E-state index contributed by atoms with van der Waals surface area (Å²) < 4.78 is 12.4. The summed E-state index contributed by atoms with van der Waals surface area (Å²) >= 11 is 5.49. The summed E-state index contributed by atoms with van der Waals surface area (Å²) in [6.45, 7) is 2.71. The van der Waals surface area contributed by atoms with Crippen LogP contribution in [0.1, 0.15) is 30.3 Å². The molecular weight excluding hydrogens is 460 g/mol. The van der Waals surface area contributed by atoms with Gasteiger partial charge in [-0.15, -0.1) is 0 Å². The van der Waals surface area contributed by atoms with E-state index in [9.17, 15) is 4.79 Å². The van der Waals surface area contributed by atoms with E-state index in [0.29, 0.717) is 17.4 Å². The van der Waals surface area contributed by atoms with Crippen LogP contribution in [0.3, 0.4) is 0 Å². The third-order valence-corrected chi connectivity index (χ3v) is 6.32. The number of rotatable bonds is 7. The van der Waals surface area contributed by atoms with Crippen molar-refractivity contribution in [1.29, 1.82) is 0 Å². The summed E-state index contributed by atoms with van der Waals surface area (Å²) in [6, 6.07) is 22.1. The lowest BCUT2D eigenvalue weighted by molar-refractivity contribution is 0.388. The van der Waals surface area contributed by atoms with Crippen molar-refractivity contribution < 1.29 is 9.26 Å². The maximum Gasteiger partial charge on any atom is 0.439 e. The van der Waals surface area contributed by atoms with Gasteiger partial charge in [0.2, 0.25) is 0 Å². The van der Waals surface area contributed by atoms with Gasteiger partial charge in [0.1, 0.15) is 5.82 Å². The lowest BCUT2D eigenvalue weighted by Gasteiger charge is -2.14. The van der Waals surface area contributed by atoms with Crippen molar-refractivity contribution in [3.8, 4) is 22.5 Å². The number of H-pyrrole nitrogens is 1. The molecule has 0 aliphatic rings. The lowest BCUT2D eigenvalue weighted by atomic mass is 9.97. The van der Waals surface area contributed by atoms with Gasteiger partial charge >= 0.3 is 5.76 Å². The molecule has 7 nitrogen and oxygen atoms in total. The average molecular weight is 485 g/mol. The molecule has 0 spiro atoms. The number of benzene rings is 3. The molecule has 0 unspecified atom stereocenters. The van der Waals surface area contributed by atoms with Crippen molar-refractivity contribution in [3.05, 3.63) is 94.2 Å². The number of methoxy groups -OCH3 is 1. The molecule has 0 saturated heterocycles. The third kappa shape index (κ3) is 4.40. The first-order valence-corrected chi connectivity index (χ1v) is 11.8. The molecule has 35 heavy (non-hydrogen) atoms. The van der Waals surface area contributed by atoms with E-state index in [-0.39, 0.29) is 0 Å². The van der Waals surface area contributed by atoms with Crippen molar-refractivity contribution in [1.82, 2.24) is 19.7 Å². The summed E-state index contributed by atoms with van der Waals surface area (Å²) in [5, 5.41) is 4.39. The van der Waals surface area contributed by atoms with Crippen LogP contribution >= 0.6 is 12.2 Å². The topological polar surface area (TPSA) is 85.9 Å². The van der Waals surface area contributed by atoms with Crippen LogP contribution < -0.4 is 5.76 Å². The van der Waals surface area contributed by atoms with Crippen LogP contribution in [0.5, 0.6) is 0 Å². The third-order valence-electron chi connectivity index (χ3n) is 5.93. The van der Waals surface area contributed by atoms with Gasteiger partial charge in [0.25, 0.3) is 0 Å². The predicted molar refractivity (Wildman–Crippen MR) is 140 cm³/mol. The van der Waals surface area contributed by atoms with Crippen LogP contribution in [0, 0.1) is 0 Å². The van der Waals surface area contributed by atoms with Gasteiger partial charge in [-0.1, -0.05) is 60.6 Å². The number of para-hydroxylation sites is 1. The van der Waals surface area contributed by atoms with Gasteiger partial charge in [0.15, 0.2) is 10.9 Å². The van der Waals surface area contributed by atoms with Gasteiger partial charge in [0.05, 0.1) is 23.7 Å². The van der Waals surface area contributed by atoms with E-state index in [1.165, 1.54) is 0 Å². The number of hydrogen-bond donors (Lipinski definition) is 1. The summed E-state index contributed by atoms with van der Waals surface area (Å²) in [7, 11) is 1.59. The molecule has 0 atom stereocenters. The van der Waals surface area contributed by atoms with E-state index < -0.39 is 5.76 Å². The molecule has 2 aromatic heterocycles. The monoisotopic (exact) mass is 484 g/mol. The molecule has 0 aliphatic carbocycles. The molecule has 176 valence electrons. The van der Waals surface area contributed by atoms with Crippen molar-refractivity contribution in [2.24, 2.45) is 0 Å². The summed E-state index contributed by atoms with van der Waals surface area (Å²) in [5.74, 6) is 0.784. The molecule has 0 fully saturated rings. The number of aromatic amines is 1. The number of hydrogen-bond acceptors (Lipinski definition) is 6. The van der Waals surface area contributed by atoms with Gasteiger partial charge in [-0.05, 0) is 53.5 Å². The highest BCUT2D eigenvalue weighted by atomic mass is 32.1. The molecule has 5 rings (SSSR count).